The van der Waals surface area contributed by atoms with Crippen molar-refractivity contribution >= 4 is 0 Å². The van der Waals surface area contributed by atoms with E-state index in [-0.39, 0.29) is 6.10 Å². The van der Waals surface area contributed by atoms with Gasteiger partial charge in [-0.3, -0.25) is 0 Å². The van der Waals surface area contributed by atoms with Crippen LogP contribution in [0.15, 0.2) is 42.9 Å². The van der Waals surface area contributed by atoms with Crippen molar-refractivity contribution in [1.29, 1.82) is 0 Å². The van der Waals surface area contributed by atoms with Gasteiger partial charge in [0.25, 0.3) is 0 Å². The van der Waals surface area contributed by atoms with Crippen molar-refractivity contribution in [2.75, 3.05) is 13.1 Å². The van der Waals surface area contributed by atoms with E-state index < -0.39 is 0 Å². The third-order valence-corrected chi connectivity index (χ3v) is 3.38. The van der Waals surface area contributed by atoms with Gasteiger partial charge in [-0.05, 0) is 25.1 Å². The lowest BCUT2D eigenvalue weighted by molar-refractivity contribution is 0.141. The van der Waals surface area contributed by atoms with Crippen molar-refractivity contribution in [3.8, 4) is 5.75 Å². The van der Waals surface area contributed by atoms with Crippen LogP contribution in [0.1, 0.15) is 18.0 Å². The summed E-state index contributed by atoms with van der Waals surface area (Å²) < 4.78 is 6.08. The number of nitrogens with one attached hydrogen (secondary N) is 2. The maximum atomic E-state index is 6.08. The molecule has 1 fully saturated rings. The van der Waals surface area contributed by atoms with E-state index in [1.165, 1.54) is 0 Å². The van der Waals surface area contributed by atoms with E-state index in [4.69, 9.17) is 4.74 Å². The number of piperidine rings is 1. The molecule has 4 heteroatoms. The standard InChI is InChI=1S/C14H17N3O/c1-2-4-11(5-3-1)18-14-9-15-7-6-12(14)13-8-16-10-17-13/h1-5,8,10,12,14-15H,6-7,9H2,(H,16,17). The Balaban J connectivity index is 1.76. The monoisotopic (exact) mass is 243 g/mol. The molecule has 94 valence electrons. The van der Waals surface area contributed by atoms with Crippen LogP contribution in [-0.2, 0) is 0 Å². The Morgan fingerprint density at radius 1 is 1.22 bits per heavy atom. The van der Waals surface area contributed by atoms with Gasteiger partial charge >= 0.3 is 0 Å². The number of rotatable bonds is 3. The molecule has 0 radical (unpaired) electrons. The predicted octanol–water partition coefficient (Wildman–Crippen LogP) is 1.93. The van der Waals surface area contributed by atoms with Crippen molar-refractivity contribution in [1.82, 2.24) is 15.3 Å². The zero-order valence-corrected chi connectivity index (χ0v) is 10.2. The summed E-state index contributed by atoms with van der Waals surface area (Å²) in [6.07, 6.45) is 4.86. The summed E-state index contributed by atoms with van der Waals surface area (Å²) in [5.74, 6) is 1.31. The fourth-order valence-electron chi connectivity index (χ4n) is 2.45. The van der Waals surface area contributed by atoms with E-state index in [0.29, 0.717) is 5.92 Å². The molecule has 2 atom stereocenters. The molecule has 4 nitrogen and oxygen atoms in total. The smallest absolute Gasteiger partial charge is 0.119 e. The molecule has 0 bridgehead atoms. The Morgan fingerprint density at radius 3 is 2.89 bits per heavy atom. The molecule has 1 aliphatic heterocycles. The number of aromatic amines is 1. The molecule has 1 aromatic carbocycles. The zero-order valence-electron chi connectivity index (χ0n) is 10.2. The van der Waals surface area contributed by atoms with Gasteiger partial charge in [0.1, 0.15) is 11.9 Å². The molecule has 1 saturated heterocycles. The largest absolute Gasteiger partial charge is 0.488 e. The van der Waals surface area contributed by atoms with E-state index in [0.717, 1.165) is 31.0 Å². The fourth-order valence-corrected chi connectivity index (χ4v) is 2.45. The van der Waals surface area contributed by atoms with E-state index >= 15 is 0 Å². The van der Waals surface area contributed by atoms with E-state index in [2.05, 4.69) is 15.3 Å². The summed E-state index contributed by atoms with van der Waals surface area (Å²) in [4.78, 5) is 7.31. The second-order valence-corrected chi connectivity index (χ2v) is 4.58. The van der Waals surface area contributed by atoms with Gasteiger partial charge in [0.2, 0.25) is 0 Å². The maximum absolute atomic E-state index is 6.08. The van der Waals surface area contributed by atoms with E-state index in [1.807, 2.05) is 36.5 Å². The summed E-state index contributed by atoms with van der Waals surface area (Å²) in [7, 11) is 0. The van der Waals surface area contributed by atoms with Gasteiger partial charge in [0.05, 0.1) is 6.33 Å². The minimum atomic E-state index is 0.154. The van der Waals surface area contributed by atoms with Crippen molar-refractivity contribution in [3.63, 3.8) is 0 Å². The molecule has 0 amide bonds. The molecule has 1 aliphatic rings. The number of imidazole rings is 1. The zero-order chi connectivity index (χ0) is 12.2. The normalized spacial score (nSPS) is 23.8. The first kappa shape index (κ1) is 11.3. The van der Waals surface area contributed by atoms with Gasteiger partial charge < -0.3 is 15.0 Å². The lowest BCUT2D eigenvalue weighted by atomic mass is 9.92. The van der Waals surface area contributed by atoms with E-state index in [1.54, 1.807) is 6.33 Å². The molecule has 18 heavy (non-hydrogen) atoms. The number of para-hydroxylation sites is 1. The minimum absolute atomic E-state index is 0.154. The summed E-state index contributed by atoms with van der Waals surface area (Å²) >= 11 is 0. The van der Waals surface area contributed by atoms with Gasteiger partial charge in [0.15, 0.2) is 0 Å². The molecule has 2 N–H and O–H groups in total. The summed E-state index contributed by atoms with van der Waals surface area (Å²) in [6, 6.07) is 9.99. The quantitative estimate of drug-likeness (QED) is 0.866. The van der Waals surface area contributed by atoms with Crippen molar-refractivity contribution in [2.45, 2.75) is 18.4 Å². The van der Waals surface area contributed by atoms with Crippen LogP contribution in [0.5, 0.6) is 5.75 Å². The SMILES string of the molecule is c1ccc(OC2CNCCC2c2cnc[nH]2)cc1. The highest BCUT2D eigenvalue weighted by molar-refractivity contribution is 5.22. The number of hydrogen-bond donors (Lipinski definition) is 2. The van der Waals surface area contributed by atoms with Crippen LogP contribution in [0.3, 0.4) is 0 Å². The molecule has 2 aromatic rings. The number of ether oxygens (including phenoxy) is 1. The number of hydrogen-bond acceptors (Lipinski definition) is 3. The molecule has 3 rings (SSSR count). The first-order chi connectivity index (χ1) is 8.93. The van der Waals surface area contributed by atoms with Gasteiger partial charge in [-0.15, -0.1) is 0 Å². The lowest BCUT2D eigenvalue weighted by Gasteiger charge is -2.31. The van der Waals surface area contributed by atoms with Crippen LogP contribution in [0.25, 0.3) is 0 Å². The second kappa shape index (κ2) is 5.23. The predicted molar refractivity (Wildman–Crippen MR) is 69.7 cm³/mol. The first-order valence-electron chi connectivity index (χ1n) is 6.34. The summed E-state index contributed by atoms with van der Waals surface area (Å²) in [5, 5.41) is 3.39. The van der Waals surface area contributed by atoms with Crippen LogP contribution >= 0.6 is 0 Å². The van der Waals surface area contributed by atoms with Gasteiger partial charge in [-0.1, -0.05) is 18.2 Å². The maximum Gasteiger partial charge on any atom is 0.119 e. The van der Waals surface area contributed by atoms with Gasteiger partial charge in [0, 0.05) is 24.4 Å². The Kier molecular flexibility index (Phi) is 3.28. The molecule has 1 aromatic heterocycles. The highest BCUT2D eigenvalue weighted by atomic mass is 16.5. The molecule has 2 heterocycles. The summed E-state index contributed by atoms with van der Waals surface area (Å²) in [6.45, 7) is 1.90. The highest BCUT2D eigenvalue weighted by Gasteiger charge is 2.28. The Morgan fingerprint density at radius 2 is 2.11 bits per heavy atom. The van der Waals surface area contributed by atoms with Crippen molar-refractivity contribution in [3.05, 3.63) is 48.5 Å². The van der Waals surface area contributed by atoms with Crippen LogP contribution in [-0.4, -0.2) is 29.2 Å². The molecule has 0 saturated carbocycles. The van der Waals surface area contributed by atoms with Crippen LogP contribution in [0.4, 0.5) is 0 Å². The van der Waals surface area contributed by atoms with Crippen LogP contribution in [0.2, 0.25) is 0 Å². The highest BCUT2D eigenvalue weighted by Crippen LogP contribution is 2.27. The van der Waals surface area contributed by atoms with Gasteiger partial charge in [-0.25, -0.2) is 4.98 Å². The number of aromatic nitrogens is 2. The Hall–Kier alpha value is -1.81. The molecule has 0 spiro atoms. The Bertz CT molecular complexity index is 469. The fraction of sp³-hybridized carbons (Fsp3) is 0.357. The molecule has 0 aliphatic carbocycles. The number of nitrogens with zero attached hydrogens (tertiary/aromatic N) is 1. The number of H-pyrrole nitrogens is 1. The van der Waals surface area contributed by atoms with Crippen LogP contribution in [0, 0.1) is 0 Å². The van der Waals surface area contributed by atoms with Crippen molar-refractivity contribution < 1.29 is 4.74 Å². The first-order valence-corrected chi connectivity index (χ1v) is 6.34. The lowest BCUT2D eigenvalue weighted by Crippen LogP contribution is -2.42. The average Bonchev–Trinajstić information content (AvgIpc) is 2.94. The molecule has 2 unspecified atom stereocenters. The minimum Gasteiger partial charge on any atom is -0.488 e. The Labute approximate surface area is 106 Å². The second-order valence-electron chi connectivity index (χ2n) is 4.58. The van der Waals surface area contributed by atoms with Crippen molar-refractivity contribution in [2.24, 2.45) is 0 Å². The molecular weight excluding hydrogens is 226 g/mol. The van der Waals surface area contributed by atoms with E-state index in [9.17, 15) is 0 Å². The topological polar surface area (TPSA) is 49.9 Å². The average molecular weight is 243 g/mol. The third kappa shape index (κ3) is 2.38. The molecular formula is C14H17N3O. The van der Waals surface area contributed by atoms with Crippen LogP contribution < -0.4 is 10.1 Å². The van der Waals surface area contributed by atoms with Gasteiger partial charge in [-0.2, -0.15) is 0 Å². The number of benzene rings is 1. The third-order valence-electron chi connectivity index (χ3n) is 3.38. The summed E-state index contributed by atoms with van der Waals surface area (Å²) in [5.41, 5.74) is 1.16.